The number of rotatable bonds is 9. The van der Waals surface area contributed by atoms with Crippen LogP contribution in [-0.2, 0) is 4.74 Å². The van der Waals surface area contributed by atoms with E-state index in [4.69, 9.17) is 4.74 Å². The Balaban J connectivity index is 1.46. The summed E-state index contributed by atoms with van der Waals surface area (Å²) in [6.07, 6.45) is 2.06. The third kappa shape index (κ3) is 6.23. The molecule has 0 atom stereocenters. The molecule has 5 rings (SSSR count). The summed E-state index contributed by atoms with van der Waals surface area (Å²) in [6, 6.07) is 50.4. The molecule has 0 aromatic heterocycles. The van der Waals surface area contributed by atoms with Gasteiger partial charge in [0.25, 0.3) is 0 Å². The van der Waals surface area contributed by atoms with Crippen LogP contribution < -0.4 is 26.3 Å². The highest BCUT2D eigenvalue weighted by atomic mass is 31.1. The van der Waals surface area contributed by atoms with Crippen molar-refractivity contribution < 1.29 is 9.53 Å². The second kappa shape index (κ2) is 13.3. The molecule has 0 saturated carbocycles. The number of esters is 1. The number of carbonyl (C=O) groups excluding carboxylic acids is 1. The minimum absolute atomic E-state index is 0.00990. The van der Waals surface area contributed by atoms with Crippen LogP contribution >= 0.6 is 7.92 Å². The van der Waals surface area contributed by atoms with Gasteiger partial charge in [-0.15, -0.1) is 0 Å². The van der Waals surface area contributed by atoms with Crippen LogP contribution in [0.25, 0.3) is 0 Å². The molecule has 0 heterocycles. The van der Waals surface area contributed by atoms with E-state index in [2.05, 4.69) is 148 Å². The molecule has 0 aliphatic rings. The van der Waals surface area contributed by atoms with E-state index >= 15 is 0 Å². The number of benzene rings is 5. The molecule has 5 aromatic carbocycles. The molecule has 0 amide bonds. The summed E-state index contributed by atoms with van der Waals surface area (Å²) in [5, 5.41) is 6.08. The van der Waals surface area contributed by atoms with Gasteiger partial charge in [0.15, 0.2) is 0 Å². The predicted octanol–water partition coefficient (Wildman–Crippen LogP) is 6.76. The molecule has 0 unspecified atom stereocenters. The van der Waals surface area contributed by atoms with Crippen LogP contribution in [-0.4, -0.2) is 20.7 Å². The lowest BCUT2D eigenvalue weighted by atomic mass is 10.2. The molecule has 0 aliphatic heterocycles. The van der Waals surface area contributed by atoms with E-state index in [1.807, 2.05) is 30.3 Å². The van der Waals surface area contributed by atoms with E-state index in [0.29, 0.717) is 5.56 Å². The smallest absolute Gasteiger partial charge is 0.339 e. The average molecular weight is 585 g/mol. The fraction of sp³-hybridized carbons (Fsp3) is 0.132. The van der Waals surface area contributed by atoms with E-state index in [1.54, 1.807) is 0 Å². The molecule has 2 nitrogen and oxygen atoms in total. The topological polar surface area (TPSA) is 26.3 Å². The van der Waals surface area contributed by atoms with Crippen molar-refractivity contribution in [2.75, 3.05) is 6.61 Å². The molecule has 0 fully saturated rings. The van der Waals surface area contributed by atoms with Crippen LogP contribution in [0, 0.1) is 0 Å². The number of hydrogen-bond acceptors (Lipinski definition) is 2. The third-order valence-electron chi connectivity index (χ3n) is 7.71. The first-order valence-electron chi connectivity index (χ1n) is 14.4. The maximum absolute atomic E-state index is 13.7. The van der Waals surface area contributed by atoms with Crippen molar-refractivity contribution in [3.8, 4) is 0 Å². The zero-order valence-electron chi connectivity index (χ0n) is 24.5. The molecule has 5 aromatic rings. The Hall–Kier alpha value is -4.04. The molecule has 0 radical (unpaired) electrons. The summed E-state index contributed by atoms with van der Waals surface area (Å²) in [5.74, 6) is -0.294. The minimum atomic E-state index is -2.39. The Morgan fingerprint density at radius 1 is 0.643 bits per heavy atom. The lowest BCUT2D eigenvalue weighted by molar-refractivity contribution is 0.0551. The van der Waals surface area contributed by atoms with E-state index in [1.165, 1.54) is 21.0 Å². The van der Waals surface area contributed by atoms with Crippen molar-refractivity contribution in [2.24, 2.45) is 0 Å². The van der Waals surface area contributed by atoms with Gasteiger partial charge in [0.2, 0.25) is 0 Å². The van der Waals surface area contributed by atoms with Crippen LogP contribution in [0.1, 0.15) is 31.1 Å². The highest BCUT2D eigenvalue weighted by molar-refractivity contribution is 7.80. The van der Waals surface area contributed by atoms with Gasteiger partial charge in [-0.05, 0) is 45.3 Å². The normalized spacial score (nSPS) is 12.0. The Morgan fingerprint density at radius 3 is 1.55 bits per heavy atom. The third-order valence-corrected chi connectivity index (χ3v) is 15.8. The summed E-state index contributed by atoms with van der Waals surface area (Å²) in [6.45, 7) is 7.18. The van der Waals surface area contributed by atoms with Crippen molar-refractivity contribution >= 4 is 48.3 Å². The molecular weight excluding hydrogens is 547 g/mol. The van der Waals surface area contributed by atoms with Crippen LogP contribution in [0.3, 0.4) is 0 Å². The summed E-state index contributed by atoms with van der Waals surface area (Å²) in [7, 11) is -3.31. The molecule has 0 spiro atoms. The second-order valence-electron chi connectivity index (χ2n) is 11.3. The standard InChI is InChI=1S/C38H37O2PSi/c1-38(2,3)42(33-23-12-6-13-24-33,34-25-14-7-15-26-34)30-18-29-40-37(39)35-27-16-17-28-36(35)41(31-19-8-4-9-20-31)32-21-10-5-11-22-32/h4-28,30H,29H2,1-3H3/b30-18+. The van der Waals surface area contributed by atoms with Crippen LogP contribution in [0.4, 0.5) is 0 Å². The first kappa shape index (κ1) is 29.4. The molecule has 0 bridgehead atoms. The lowest BCUT2D eigenvalue weighted by Gasteiger charge is -2.42. The predicted molar refractivity (Wildman–Crippen MR) is 182 cm³/mol. The van der Waals surface area contributed by atoms with Crippen LogP contribution in [0.2, 0.25) is 5.04 Å². The Labute approximate surface area is 252 Å². The molecule has 0 aliphatic carbocycles. The minimum Gasteiger partial charge on any atom is -0.458 e. The van der Waals surface area contributed by atoms with Gasteiger partial charge in [0.05, 0.1) is 5.56 Å². The zero-order chi connectivity index (χ0) is 29.4. The van der Waals surface area contributed by atoms with Gasteiger partial charge in [-0.2, -0.15) is 0 Å². The molecule has 0 saturated heterocycles. The van der Waals surface area contributed by atoms with Gasteiger partial charge >= 0.3 is 5.97 Å². The maximum atomic E-state index is 13.7. The van der Waals surface area contributed by atoms with Gasteiger partial charge in [0, 0.05) is 0 Å². The first-order valence-corrected chi connectivity index (χ1v) is 17.8. The average Bonchev–Trinajstić information content (AvgIpc) is 3.03. The summed E-state index contributed by atoms with van der Waals surface area (Å²) < 4.78 is 5.98. The summed E-state index contributed by atoms with van der Waals surface area (Å²) in [4.78, 5) is 13.7. The highest BCUT2D eigenvalue weighted by Gasteiger charge is 2.45. The Bertz CT molecular complexity index is 1530. The van der Waals surface area contributed by atoms with Crippen LogP contribution in [0.15, 0.2) is 157 Å². The van der Waals surface area contributed by atoms with Crippen LogP contribution in [0.5, 0.6) is 0 Å². The highest BCUT2D eigenvalue weighted by Crippen LogP contribution is 2.37. The maximum Gasteiger partial charge on any atom is 0.339 e. The Morgan fingerprint density at radius 2 is 1.07 bits per heavy atom. The second-order valence-corrected chi connectivity index (χ2v) is 18.1. The fourth-order valence-corrected chi connectivity index (χ4v) is 13.0. The van der Waals surface area contributed by atoms with Gasteiger partial charge in [0.1, 0.15) is 14.7 Å². The lowest BCUT2D eigenvalue weighted by Crippen LogP contribution is -2.63. The number of ether oxygens (including phenoxy) is 1. The van der Waals surface area contributed by atoms with Crippen molar-refractivity contribution in [3.63, 3.8) is 0 Å². The van der Waals surface area contributed by atoms with E-state index < -0.39 is 16.0 Å². The first-order chi connectivity index (χ1) is 20.4. The number of hydrogen-bond donors (Lipinski definition) is 0. The molecule has 0 N–H and O–H groups in total. The summed E-state index contributed by atoms with van der Waals surface area (Å²) >= 11 is 0. The zero-order valence-corrected chi connectivity index (χ0v) is 26.4. The molecule has 4 heteroatoms. The summed E-state index contributed by atoms with van der Waals surface area (Å²) in [5.41, 5.74) is 2.98. The quantitative estimate of drug-likeness (QED) is 0.109. The monoisotopic (exact) mass is 584 g/mol. The molecule has 210 valence electrons. The van der Waals surface area contributed by atoms with Gasteiger partial charge in [-0.25, -0.2) is 4.79 Å². The molecule has 42 heavy (non-hydrogen) atoms. The van der Waals surface area contributed by atoms with Gasteiger partial charge in [-0.3, -0.25) is 0 Å². The van der Waals surface area contributed by atoms with Gasteiger partial charge in [-0.1, -0.05) is 172 Å². The van der Waals surface area contributed by atoms with Crippen molar-refractivity contribution in [1.82, 2.24) is 0 Å². The van der Waals surface area contributed by atoms with Crippen molar-refractivity contribution in [1.29, 1.82) is 0 Å². The van der Waals surface area contributed by atoms with Crippen molar-refractivity contribution in [3.05, 3.63) is 163 Å². The fourth-order valence-electron chi connectivity index (χ4n) is 5.73. The van der Waals surface area contributed by atoms with Crippen molar-refractivity contribution in [2.45, 2.75) is 25.8 Å². The van der Waals surface area contributed by atoms with E-state index in [-0.39, 0.29) is 17.6 Å². The largest absolute Gasteiger partial charge is 0.458 e. The van der Waals surface area contributed by atoms with E-state index in [9.17, 15) is 4.79 Å². The SMILES string of the molecule is CC(C)(C)[Si](/C=C/COC(=O)c1ccccc1P(c1ccccc1)c1ccccc1)(c1ccccc1)c1ccccc1. The number of carbonyl (C=O) groups is 1. The van der Waals surface area contributed by atoms with Gasteiger partial charge < -0.3 is 4.74 Å². The Kier molecular flexibility index (Phi) is 9.32. The molecular formula is C38H37O2PSi. The van der Waals surface area contributed by atoms with E-state index in [0.717, 1.165) is 5.30 Å².